The van der Waals surface area contributed by atoms with Crippen molar-refractivity contribution in [3.8, 4) is 0 Å². The highest BCUT2D eigenvalue weighted by Crippen LogP contribution is 2.32. The van der Waals surface area contributed by atoms with E-state index in [0.717, 1.165) is 34.6 Å². The second-order valence-corrected chi connectivity index (χ2v) is 8.62. The van der Waals surface area contributed by atoms with Crippen molar-refractivity contribution in [3.05, 3.63) is 23.1 Å². The maximum Gasteiger partial charge on any atom is 0.293 e. The molecular formula is C15H22N2O3S2. The van der Waals surface area contributed by atoms with E-state index in [4.69, 9.17) is 0 Å². The molecule has 1 fully saturated rings. The Balaban J connectivity index is 2.22. The number of sulfonamides is 1. The fraction of sp³-hybridized carbons (Fsp3) is 0.533. The number of aliphatic hydroxyl groups is 1. The van der Waals surface area contributed by atoms with Gasteiger partial charge in [-0.1, -0.05) is 18.9 Å². The predicted molar refractivity (Wildman–Crippen MR) is 90.7 cm³/mol. The van der Waals surface area contributed by atoms with Crippen LogP contribution in [0.1, 0.15) is 30.6 Å². The van der Waals surface area contributed by atoms with Gasteiger partial charge in [0.2, 0.25) is 0 Å². The zero-order valence-corrected chi connectivity index (χ0v) is 14.5. The molecule has 1 heterocycles. The van der Waals surface area contributed by atoms with Crippen molar-refractivity contribution < 1.29 is 13.5 Å². The average Bonchev–Trinajstić information content (AvgIpc) is 3.14. The molecule has 122 valence electrons. The van der Waals surface area contributed by atoms with Gasteiger partial charge in [-0.05, 0) is 36.5 Å². The fourth-order valence-corrected chi connectivity index (χ4v) is 4.69. The van der Waals surface area contributed by atoms with Crippen molar-refractivity contribution in [2.45, 2.75) is 29.9 Å². The summed E-state index contributed by atoms with van der Waals surface area (Å²) in [7, 11) is -0.235. The van der Waals surface area contributed by atoms with E-state index in [0.29, 0.717) is 5.92 Å². The zero-order valence-electron chi connectivity index (χ0n) is 12.9. The Labute approximate surface area is 136 Å². The maximum absolute atomic E-state index is 12.1. The lowest BCUT2D eigenvalue weighted by molar-refractivity contribution is 0.349. The molecule has 0 unspecified atom stereocenters. The highest BCUT2D eigenvalue weighted by molar-refractivity contribution is 7.92. The number of thiophene rings is 1. The number of rotatable bonds is 6. The Hall–Kier alpha value is -1.18. The minimum atomic E-state index is -3.67. The molecule has 0 radical (unpaired) electrons. The summed E-state index contributed by atoms with van der Waals surface area (Å²) >= 11 is 1.16. The molecule has 1 aromatic heterocycles. The van der Waals surface area contributed by atoms with Gasteiger partial charge in [0.05, 0.1) is 6.61 Å². The maximum atomic E-state index is 12.1. The van der Waals surface area contributed by atoms with Crippen molar-refractivity contribution in [3.63, 3.8) is 0 Å². The number of aliphatic hydroxyl groups excluding tert-OH is 1. The molecular weight excluding hydrogens is 320 g/mol. The summed E-state index contributed by atoms with van der Waals surface area (Å²) in [6.45, 7) is -0.0720. The Kier molecular flexibility index (Phi) is 5.77. The van der Waals surface area contributed by atoms with Crippen LogP contribution < -0.4 is 0 Å². The van der Waals surface area contributed by atoms with Gasteiger partial charge in [-0.15, -0.1) is 15.7 Å². The molecule has 0 spiro atoms. The molecule has 22 heavy (non-hydrogen) atoms. The Morgan fingerprint density at radius 1 is 1.41 bits per heavy atom. The minimum Gasteiger partial charge on any atom is -0.392 e. The van der Waals surface area contributed by atoms with Crippen LogP contribution in [0.5, 0.6) is 0 Å². The first kappa shape index (κ1) is 17.2. The van der Waals surface area contributed by atoms with Gasteiger partial charge < -0.3 is 10.0 Å². The first-order valence-electron chi connectivity index (χ1n) is 7.31. The third-order valence-electron chi connectivity index (χ3n) is 3.58. The molecule has 7 heteroatoms. The standard InChI is InChI=1S/C15H22N2O3S2/c1-17(2)11-16-22(19,20)15-8-7-14(21-15)13(10-18)9-12-5-3-4-6-12/h7-9,11-12,18H,3-6,10H2,1-2H3/b13-9+,16-11?. The monoisotopic (exact) mass is 342 g/mol. The molecule has 5 nitrogen and oxygen atoms in total. The number of hydrogen-bond donors (Lipinski definition) is 1. The Morgan fingerprint density at radius 2 is 2.09 bits per heavy atom. The molecule has 0 aliphatic heterocycles. The number of nitrogens with zero attached hydrogens (tertiary/aromatic N) is 2. The van der Waals surface area contributed by atoms with Crippen LogP contribution in [0.25, 0.3) is 5.57 Å². The van der Waals surface area contributed by atoms with Crippen LogP contribution in [-0.4, -0.2) is 45.5 Å². The molecule has 0 amide bonds. The third-order valence-corrected chi connectivity index (χ3v) is 6.43. The van der Waals surface area contributed by atoms with Crippen LogP contribution in [0, 0.1) is 5.92 Å². The predicted octanol–water partition coefficient (Wildman–Crippen LogP) is 2.59. The topological polar surface area (TPSA) is 70.0 Å². The normalized spacial score (nSPS) is 17.5. The SMILES string of the molecule is CN(C)C=NS(=O)(=O)c1ccc(/C(=C/C2CCCC2)CO)s1. The molecule has 2 rings (SSSR count). The Bertz CT molecular complexity index is 654. The quantitative estimate of drug-likeness (QED) is 0.637. The lowest BCUT2D eigenvalue weighted by atomic mass is 10.0. The first-order valence-corrected chi connectivity index (χ1v) is 9.56. The largest absolute Gasteiger partial charge is 0.392 e. The van der Waals surface area contributed by atoms with E-state index >= 15 is 0 Å². The van der Waals surface area contributed by atoms with Gasteiger partial charge in [-0.3, -0.25) is 0 Å². The van der Waals surface area contributed by atoms with Gasteiger partial charge in [0, 0.05) is 19.0 Å². The van der Waals surface area contributed by atoms with E-state index in [1.165, 1.54) is 19.2 Å². The zero-order chi connectivity index (χ0) is 16.2. The summed E-state index contributed by atoms with van der Waals surface area (Å²) in [5.74, 6) is 0.496. The molecule has 0 aromatic carbocycles. The van der Waals surface area contributed by atoms with E-state index in [2.05, 4.69) is 10.5 Å². The Morgan fingerprint density at radius 3 is 2.68 bits per heavy atom. The van der Waals surface area contributed by atoms with Crippen LogP contribution >= 0.6 is 11.3 Å². The lowest BCUT2D eigenvalue weighted by Crippen LogP contribution is -2.09. The molecule has 0 atom stereocenters. The summed E-state index contributed by atoms with van der Waals surface area (Å²) in [5.41, 5.74) is 0.815. The summed E-state index contributed by atoms with van der Waals surface area (Å²) in [4.78, 5) is 2.37. The summed E-state index contributed by atoms with van der Waals surface area (Å²) in [6, 6.07) is 3.31. The van der Waals surface area contributed by atoms with Crippen LogP contribution in [0.4, 0.5) is 0 Å². The van der Waals surface area contributed by atoms with Gasteiger partial charge in [-0.2, -0.15) is 8.42 Å². The lowest BCUT2D eigenvalue weighted by Gasteiger charge is -2.06. The van der Waals surface area contributed by atoms with E-state index in [1.54, 1.807) is 31.1 Å². The van der Waals surface area contributed by atoms with Crippen LogP contribution in [0.3, 0.4) is 0 Å². The van der Waals surface area contributed by atoms with Crippen molar-refractivity contribution in [2.24, 2.45) is 10.3 Å². The summed E-state index contributed by atoms with van der Waals surface area (Å²) < 4.78 is 28.0. The molecule has 1 aromatic rings. The van der Waals surface area contributed by atoms with Gasteiger partial charge in [0.25, 0.3) is 10.0 Å². The van der Waals surface area contributed by atoms with E-state index < -0.39 is 10.0 Å². The van der Waals surface area contributed by atoms with Gasteiger partial charge in [0.15, 0.2) is 0 Å². The van der Waals surface area contributed by atoms with Crippen LogP contribution in [0.15, 0.2) is 26.8 Å². The number of allylic oxidation sites excluding steroid dienone is 1. The van der Waals surface area contributed by atoms with Crippen LogP contribution in [0.2, 0.25) is 0 Å². The summed E-state index contributed by atoms with van der Waals surface area (Å²) in [5, 5.41) is 9.58. The number of hydrogen-bond acceptors (Lipinski definition) is 4. The van der Waals surface area contributed by atoms with Crippen molar-refractivity contribution >= 4 is 33.3 Å². The molecule has 1 aliphatic carbocycles. The second-order valence-electron chi connectivity index (χ2n) is 5.67. The van der Waals surface area contributed by atoms with E-state index in [9.17, 15) is 13.5 Å². The minimum absolute atomic E-state index is 0.0720. The van der Waals surface area contributed by atoms with E-state index in [1.807, 2.05) is 0 Å². The molecule has 0 bridgehead atoms. The highest BCUT2D eigenvalue weighted by atomic mass is 32.2. The smallest absolute Gasteiger partial charge is 0.293 e. The van der Waals surface area contributed by atoms with E-state index in [-0.39, 0.29) is 10.8 Å². The third kappa shape index (κ3) is 4.41. The second kappa shape index (κ2) is 7.39. The van der Waals surface area contributed by atoms with Gasteiger partial charge >= 0.3 is 0 Å². The summed E-state index contributed by atoms with van der Waals surface area (Å²) in [6.07, 6.45) is 8.11. The van der Waals surface area contributed by atoms with Crippen molar-refractivity contribution in [1.29, 1.82) is 0 Å². The molecule has 1 N–H and O–H groups in total. The highest BCUT2D eigenvalue weighted by Gasteiger charge is 2.18. The fourth-order valence-electron chi connectivity index (χ4n) is 2.46. The van der Waals surface area contributed by atoms with Gasteiger partial charge in [0.1, 0.15) is 10.5 Å². The molecule has 1 saturated carbocycles. The molecule has 0 saturated heterocycles. The van der Waals surface area contributed by atoms with Crippen LogP contribution in [-0.2, 0) is 10.0 Å². The van der Waals surface area contributed by atoms with Gasteiger partial charge in [-0.25, -0.2) is 0 Å². The van der Waals surface area contributed by atoms with Crippen molar-refractivity contribution in [2.75, 3.05) is 20.7 Å². The van der Waals surface area contributed by atoms with Crippen molar-refractivity contribution in [1.82, 2.24) is 4.90 Å². The average molecular weight is 342 g/mol. The molecule has 1 aliphatic rings. The first-order chi connectivity index (χ1) is 10.4.